The Balaban J connectivity index is 1.71. The van der Waals surface area contributed by atoms with Gasteiger partial charge in [-0.25, -0.2) is 9.59 Å². The van der Waals surface area contributed by atoms with Crippen molar-refractivity contribution in [1.82, 2.24) is 0 Å². The number of rotatable bonds is 5. The van der Waals surface area contributed by atoms with E-state index in [4.69, 9.17) is 9.47 Å². The lowest BCUT2D eigenvalue weighted by molar-refractivity contribution is -0.129. The fourth-order valence-electron chi connectivity index (χ4n) is 3.01. The van der Waals surface area contributed by atoms with Crippen LogP contribution in [0, 0.1) is 25.7 Å². The van der Waals surface area contributed by atoms with Crippen molar-refractivity contribution in [2.75, 3.05) is 0 Å². The van der Waals surface area contributed by atoms with E-state index in [9.17, 15) is 9.59 Å². The van der Waals surface area contributed by atoms with Gasteiger partial charge in [0, 0.05) is 17.2 Å². The Morgan fingerprint density at radius 2 is 1.38 bits per heavy atom. The average molecular weight is 424 g/mol. The molecule has 4 heteroatoms. The first-order valence-electron chi connectivity index (χ1n) is 10.3. The number of carbonyl (C=O) groups is 2. The van der Waals surface area contributed by atoms with Crippen LogP contribution < -0.4 is 9.47 Å². The summed E-state index contributed by atoms with van der Waals surface area (Å²) in [5, 5.41) is 0. The van der Waals surface area contributed by atoms with Crippen LogP contribution >= 0.6 is 0 Å². The molecule has 0 atom stereocenters. The van der Waals surface area contributed by atoms with Crippen molar-refractivity contribution < 1.29 is 19.1 Å². The van der Waals surface area contributed by atoms with Crippen LogP contribution in [-0.4, -0.2) is 11.9 Å². The molecule has 3 aromatic rings. The van der Waals surface area contributed by atoms with Crippen molar-refractivity contribution in [2.24, 2.45) is 0 Å². The highest BCUT2D eigenvalue weighted by Crippen LogP contribution is 2.21. The van der Waals surface area contributed by atoms with Gasteiger partial charge in [-0.1, -0.05) is 37.5 Å². The Kier molecular flexibility index (Phi) is 7.25. The summed E-state index contributed by atoms with van der Waals surface area (Å²) in [6.07, 6.45) is 2.04. The molecular formula is C28H24O4. The summed E-state index contributed by atoms with van der Waals surface area (Å²) < 4.78 is 10.7. The molecule has 3 rings (SSSR count). The minimum Gasteiger partial charge on any atom is -0.423 e. The van der Waals surface area contributed by atoms with Crippen molar-refractivity contribution in [1.29, 1.82) is 0 Å². The molecule has 0 aromatic heterocycles. The second-order valence-electron chi connectivity index (χ2n) is 7.28. The van der Waals surface area contributed by atoms with E-state index in [1.165, 1.54) is 5.56 Å². The van der Waals surface area contributed by atoms with Crippen LogP contribution in [0.25, 0.3) is 0 Å². The largest absolute Gasteiger partial charge is 0.423 e. The second kappa shape index (κ2) is 10.3. The van der Waals surface area contributed by atoms with E-state index in [1.807, 2.05) is 44.2 Å². The maximum Gasteiger partial charge on any atom is 0.343 e. The molecule has 0 heterocycles. The zero-order valence-corrected chi connectivity index (χ0v) is 18.4. The third-order valence-electron chi connectivity index (χ3n) is 4.88. The lowest BCUT2D eigenvalue weighted by Crippen LogP contribution is -2.09. The Hall–Kier alpha value is -4.10. The molecular weight excluding hydrogens is 400 g/mol. The Morgan fingerprint density at radius 3 is 1.84 bits per heavy atom. The summed E-state index contributed by atoms with van der Waals surface area (Å²) in [6.45, 7) is 9.18. The molecule has 0 unspecified atom stereocenters. The highest BCUT2D eigenvalue weighted by Gasteiger charge is 2.10. The van der Waals surface area contributed by atoms with Gasteiger partial charge < -0.3 is 9.47 Å². The first-order chi connectivity index (χ1) is 15.4. The van der Waals surface area contributed by atoms with Gasteiger partial charge in [0.2, 0.25) is 0 Å². The summed E-state index contributed by atoms with van der Waals surface area (Å²) in [5.41, 5.74) is 4.90. The molecule has 3 aromatic carbocycles. The first kappa shape index (κ1) is 22.6. The van der Waals surface area contributed by atoms with Crippen molar-refractivity contribution in [3.05, 3.63) is 107 Å². The lowest BCUT2D eigenvalue weighted by Gasteiger charge is -2.08. The van der Waals surface area contributed by atoms with Gasteiger partial charge in [0.15, 0.2) is 0 Å². The molecule has 160 valence electrons. The van der Waals surface area contributed by atoms with Gasteiger partial charge in [-0.2, -0.15) is 0 Å². The molecule has 0 radical (unpaired) electrons. The van der Waals surface area contributed by atoms with Crippen molar-refractivity contribution in [2.45, 2.75) is 27.2 Å². The Labute approximate surface area is 188 Å². The zero-order chi connectivity index (χ0) is 23.1. The van der Waals surface area contributed by atoms with E-state index < -0.39 is 5.97 Å². The third kappa shape index (κ3) is 5.74. The number of benzene rings is 3. The molecule has 0 aliphatic rings. The molecule has 0 aliphatic heterocycles. The number of carbonyl (C=O) groups excluding carboxylic acids is 2. The van der Waals surface area contributed by atoms with Crippen LogP contribution in [0.5, 0.6) is 11.5 Å². The number of aryl methyl sites for hydroxylation is 3. The van der Waals surface area contributed by atoms with Crippen LogP contribution in [0.1, 0.15) is 45.1 Å². The molecule has 32 heavy (non-hydrogen) atoms. The molecule has 0 aliphatic carbocycles. The minimum absolute atomic E-state index is 0.387. The van der Waals surface area contributed by atoms with Gasteiger partial charge in [0.1, 0.15) is 11.5 Å². The van der Waals surface area contributed by atoms with E-state index in [1.54, 1.807) is 30.3 Å². The monoisotopic (exact) mass is 424 g/mol. The average Bonchev–Trinajstić information content (AvgIpc) is 2.80. The van der Waals surface area contributed by atoms with Gasteiger partial charge >= 0.3 is 11.9 Å². The maximum absolute atomic E-state index is 12.4. The molecule has 0 fully saturated rings. The fourth-order valence-corrected chi connectivity index (χ4v) is 3.01. The van der Waals surface area contributed by atoms with E-state index in [0.29, 0.717) is 17.1 Å². The quantitative estimate of drug-likeness (QED) is 0.232. The van der Waals surface area contributed by atoms with Crippen LogP contribution in [-0.2, 0) is 11.2 Å². The number of hydrogen-bond acceptors (Lipinski definition) is 4. The van der Waals surface area contributed by atoms with Crippen molar-refractivity contribution in [3.8, 4) is 23.3 Å². The molecule has 0 bridgehead atoms. The van der Waals surface area contributed by atoms with Crippen LogP contribution in [0.2, 0.25) is 0 Å². The molecule has 4 nitrogen and oxygen atoms in total. The summed E-state index contributed by atoms with van der Waals surface area (Å²) in [5.74, 6) is 6.31. The standard InChI is InChI=1S/C28H24O4/c1-5-21-9-13-24(14-10-21)28(30)32-26-16-12-23(18-20(26)4)8-7-22-11-15-25(19(3)17-22)31-27(29)6-2/h6,9-18H,2,5H2,1,3-4H3. The van der Waals surface area contributed by atoms with E-state index in [0.717, 1.165) is 34.8 Å². The SMILES string of the molecule is C=CC(=O)Oc1ccc(C#Cc2ccc(OC(=O)c3ccc(CC)cc3)c(C)c2)cc1C. The Bertz CT molecular complexity index is 1220. The number of esters is 2. The highest BCUT2D eigenvalue weighted by molar-refractivity contribution is 5.91. The van der Waals surface area contributed by atoms with Crippen LogP contribution in [0.3, 0.4) is 0 Å². The van der Waals surface area contributed by atoms with E-state index in [2.05, 4.69) is 25.3 Å². The van der Waals surface area contributed by atoms with Gasteiger partial charge in [0.05, 0.1) is 5.56 Å². The molecule has 0 saturated heterocycles. The fraction of sp³-hybridized carbons (Fsp3) is 0.143. The minimum atomic E-state index is -0.499. The number of ether oxygens (including phenoxy) is 2. The molecule has 0 saturated carbocycles. The summed E-state index contributed by atoms with van der Waals surface area (Å²) in [6, 6.07) is 18.2. The smallest absolute Gasteiger partial charge is 0.343 e. The van der Waals surface area contributed by atoms with E-state index in [-0.39, 0.29) is 5.97 Å². The molecule has 0 N–H and O–H groups in total. The highest BCUT2D eigenvalue weighted by atomic mass is 16.5. The zero-order valence-electron chi connectivity index (χ0n) is 18.4. The Morgan fingerprint density at radius 1 is 0.844 bits per heavy atom. The van der Waals surface area contributed by atoms with E-state index >= 15 is 0 Å². The van der Waals surface area contributed by atoms with Crippen LogP contribution in [0.4, 0.5) is 0 Å². The molecule has 0 amide bonds. The van der Waals surface area contributed by atoms with Gasteiger partial charge in [-0.05, 0) is 85.5 Å². The predicted octanol–water partition coefficient (Wildman–Crippen LogP) is 5.58. The number of hydrogen-bond donors (Lipinski definition) is 0. The summed E-state index contributed by atoms with van der Waals surface area (Å²) in [4.78, 5) is 23.8. The van der Waals surface area contributed by atoms with Gasteiger partial charge in [-0.15, -0.1) is 0 Å². The molecule has 0 spiro atoms. The van der Waals surface area contributed by atoms with Gasteiger partial charge in [0.25, 0.3) is 0 Å². The summed E-state index contributed by atoms with van der Waals surface area (Å²) in [7, 11) is 0. The predicted molar refractivity (Wildman–Crippen MR) is 125 cm³/mol. The maximum atomic E-state index is 12.4. The summed E-state index contributed by atoms with van der Waals surface area (Å²) >= 11 is 0. The first-order valence-corrected chi connectivity index (χ1v) is 10.3. The lowest BCUT2D eigenvalue weighted by atomic mass is 10.1. The van der Waals surface area contributed by atoms with Crippen molar-refractivity contribution in [3.63, 3.8) is 0 Å². The third-order valence-corrected chi connectivity index (χ3v) is 4.88. The van der Waals surface area contributed by atoms with Crippen molar-refractivity contribution >= 4 is 11.9 Å². The van der Waals surface area contributed by atoms with Crippen LogP contribution in [0.15, 0.2) is 73.3 Å². The van der Waals surface area contributed by atoms with Gasteiger partial charge in [-0.3, -0.25) is 0 Å². The second-order valence-corrected chi connectivity index (χ2v) is 7.28. The normalized spacial score (nSPS) is 9.97. The topological polar surface area (TPSA) is 52.6 Å².